The molecule has 0 saturated heterocycles. The van der Waals surface area contributed by atoms with Crippen LogP contribution in [0.25, 0.3) is 0 Å². The normalized spacial score (nSPS) is 10.6. The van der Waals surface area contributed by atoms with E-state index in [0.717, 1.165) is 5.56 Å². The van der Waals surface area contributed by atoms with E-state index in [4.69, 9.17) is 5.73 Å². The Labute approximate surface area is 101 Å². The maximum absolute atomic E-state index is 13.2. The number of nitrogens with zero attached hydrogens (tertiary/aromatic N) is 1. The summed E-state index contributed by atoms with van der Waals surface area (Å²) in [6.07, 6.45) is 0. The highest BCUT2D eigenvalue weighted by molar-refractivity contribution is 5.77. The Hall–Kier alpha value is -1.46. The molecule has 1 rings (SSSR count). The van der Waals surface area contributed by atoms with Gasteiger partial charge in [-0.25, -0.2) is 4.39 Å². The maximum Gasteiger partial charge on any atom is 0.233 e. The smallest absolute Gasteiger partial charge is 0.233 e. The van der Waals surface area contributed by atoms with E-state index in [1.165, 1.54) is 6.07 Å². The molecule has 0 aliphatic rings. The van der Waals surface area contributed by atoms with Gasteiger partial charge >= 0.3 is 0 Å². The van der Waals surface area contributed by atoms with Crippen LogP contribution in [0.4, 0.5) is 4.39 Å². The topological polar surface area (TPSA) is 58.4 Å². The fourth-order valence-electron chi connectivity index (χ4n) is 1.57. The van der Waals surface area contributed by atoms with Gasteiger partial charge in [-0.3, -0.25) is 9.69 Å². The SMILES string of the molecule is CNC(=O)CN(C)Cc1ccc(F)c(CN)c1. The van der Waals surface area contributed by atoms with Gasteiger partial charge in [0.15, 0.2) is 0 Å². The quantitative estimate of drug-likeness (QED) is 0.785. The molecule has 5 heteroatoms. The molecule has 3 N–H and O–H groups in total. The van der Waals surface area contributed by atoms with Crippen molar-refractivity contribution in [2.75, 3.05) is 20.6 Å². The monoisotopic (exact) mass is 239 g/mol. The average molecular weight is 239 g/mol. The van der Waals surface area contributed by atoms with Crippen molar-refractivity contribution in [3.63, 3.8) is 0 Å². The van der Waals surface area contributed by atoms with Gasteiger partial charge in [0, 0.05) is 25.7 Å². The molecule has 0 heterocycles. The summed E-state index contributed by atoms with van der Waals surface area (Å²) in [5.41, 5.74) is 6.87. The van der Waals surface area contributed by atoms with Gasteiger partial charge in [0.1, 0.15) is 5.82 Å². The summed E-state index contributed by atoms with van der Waals surface area (Å²) in [4.78, 5) is 13.0. The molecular formula is C12H18FN3O. The van der Waals surface area contributed by atoms with E-state index in [0.29, 0.717) is 18.7 Å². The number of hydrogen-bond donors (Lipinski definition) is 2. The Morgan fingerprint density at radius 3 is 2.82 bits per heavy atom. The van der Waals surface area contributed by atoms with Crippen molar-refractivity contribution in [3.8, 4) is 0 Å². The van der Waals surface area contributed by atoms with Crippen LogP contribution < -0.4 is 11.1 Å². The van der Waals surface area contributed by atoms with Crippen molar-refractivity contribution in [2.24, 2.45) is 5.73 Å². The highest BCUT2D eigenvalue weighted by Gasteiger charge is 2.07. The van der Waals surface area contributed by atoms with Gasteiger partial charge in [-0.15, -0.1) is 0 Å². The van der Waals surface area contributed by atoms with E-state index in [1.54, 1.807) is 19.2 Å². The lowest BCUT2D eigenvalue weighted by Gasteiger charge is -2.16. The van der Waals surface area contributed by atoms with E-state index in [1.807, 2.05) is 11.9 Å². The van der Waals surface area contributed by atoms with Crippen LogP contribution in [-0.4, -0.2) is 31.4 Å². The Morgan fingerprint density at radius 2 is 2.24 bits per heavy atom. The number of hydrogen-bond acceptors (Lipinski definition) is 3. The van der Waals surface area contributed by atoms with Crippen molar-refractivity contribution in [2.45, 2.75) is 13.1 Å². The predicted octanol–water partition coefficient (Wildman–Crippen LogP) is 0.462. The number of halogens is 1. The van der Waals surface area contributed by atoms with Gasteiger partial charge in [-0.05, 0) is 18.7 Å². The second kappa shape index (κ2) is 6.32. The average Bonchev–Trinajstić information content (AvgIpc) is 2.31. The highest BCUT2D eigenvalue weighted by Crippen LogP contribution is 2.11. The predicted molar refractivity (Wildman–Crippen MR) is 64.7 cm³/mol. The standard InChI is InChI=1S/C12H18FN3O/c1-15-12(17)8-16(2)7-9-3-4-11(13)10(5-9)6-14/h3-5H,6-8,14H2,1-2H3,(H,15,17). The fourth-order valence-corrected chi connectivity index (χ4v) is 1.57. The van der Waals surface area contributed by atoms with Crippen LogP contribution in [0.5, 0.6) is 0 Å². The van der Waals surface area contributed by atoms with E-state index < -0.39 is 0 Å². The number of carbonyl (C=O) groups is 1. The Bertz CT molecular complexity index is 395. The number of nitrogens with one attached hydrogen (secondary N) is 1. The first kappa shape index (κ1) is 13.6. The van der Waals surface area contributed by atoms with Crippen molar-refractivity contribution in [1.29, 1.82) is 0 Å². The number of benzene rings is 1. The van der Waals surface area contributed by atoms with Crippen LogP contribution in [-0.2, 0) is 17.9 Å². The van der Waals surface area contributed by atoms with Gasteiger partial charge in [-0.2, -0.15) is 0 Å². The van der Waals surface area contributed by atoms with Gasteiger partial charge in [0.2, 0.25) is 5.91 Å². The molecule has 0 bridgehead atoms. The second-order valence-electron chi connectivity index (χ2n) is 3.98. The Kier molecular flexibility index (Phi) is 5.06. The van der Waals surface area contributed by atoms with Crippen LogP contribution in [0.3, 0.4) is 0 Å². The van der Waals surface area contributed by atoms with Crippen LogP contribution in [0.2, 0.25) is 0 Å². The third-order valence-corrected chi connectivity index (χ3v) is 2.47. The van der Waals surface area contributed by atoms with E-state index >= 15 is 0 Å². The molecule has 0 saturated carbocycles. The zero-order valence-electron chi connectivity index (χ0n) is 10.2. The lowest BCUT2D eigenvalue weighted by Crippen LogP contribution is -2.32. The summed E-state index contributed by atoms with van der Waals surface area (Å²) in [7, 11) is 3.43. The summed E-state index contributed by atoms with van der Waals surface area (Å²) in [5.74, 6) is -0.334. The van der Waals surface area contributed by atoms with Crippen molar-refractivity contribution < 1.29 is 9.18 Å². The van der Waals surface area contributed by atoms with Gasteiger partial charge in [0.05, 0.1) is 6.54 Å². The fraction of sp³-hybridized carbons (Fsp3) is 0.417. The summed E-state index contributed by atoms with van der Waals surface area (Å²) in [6, 6.07) is 4.84. The van der Waals surface area contributed by atoms with E-state index in [-0.39, 0.29) is 18.3 Å². The molecule has 94 valence electrons. The zero-order chi connectivity index (χ0) is 12.8. The number of rotatable bonds is 5. The van der Waals surface area contributed by atoms with Gasteiger partial charge in [0.25, 0.3) is 0 Å². The molecule has 4 nitrogen and oxygen atoms in total. The molecule has 0 aliphatic carbocycles. The molecule has 17 heavy (non-hydrogen) atoms. The van der Waals surface area contributed by atoms with Crippen molar-refractivity contribution in [1.82, 2.24) is 10.2 Å². The van der Waals surface area contributed by atoms with Crippen molar-refractivity contribution >= 4 is 5.91 Å². The van der Waals surface area contributed by atoms with Gasteiger partial charge < -0.3 is 11.1 Å². The van der Waals surface area contributed by atoms with Crippen LogP contribution >= 0.6 is 0 Å². The maximum atomic E-state index is 13.2. The van der Waals surface area contributed by atoms with E-state index in [9.17, 15) is 9.18 Å². The molecule has 1 aromatic carbocycles. The first-order valence-corrected chi connectivity index (χ1v) is 5.43. The molecule has 0 atom stereocenters. The van der Waals surface area contributed by atoms with Crippen LogP contribution in [0.15, 0.2) is 18.2 Å². The molecule has 1 aromatic rings. The summed E-state index contributed by atoms with van der Waals surface area (Å²) in [6.45, 7) is 1.07. The first-order chi connectivity index (χ1) is 8.06. The lowest BCUT2D eigenvalue weighted by atomic mass is 10.1. The third-order valence-electron chi connectivity index (χ3n) is 2.47. The molecular weight excluding hydrogens is 221 g/mol. The van der Waals surface area contributed by atoms with Crippen LogP contribution in [0, 0.1) is 5.82 Å². The molecule has 0 unspecified atom stereocenters. The summed E-state index contributed by atoms with van der Waals surface area (Å²) >= 11 is 0. The van der Waals surface area contributed by atoms with E-state index in [2.05, 4.69) is 5.32 Å². The minimum atomic E-state index is -0.287. The molecule has 1 amide bonds. The zero-order valence-corrected chi connectivity index (χ0v) is 10.2. The van der Waals surface area contributed by atoms with Gasteiger partial charge in [-0.1, -0.05) is 12.1 Å². The molecule has 0 aromatic heterocycles. The summed E-state index contributed by atoms with van der Waals surface area (Å²) in [5, 5.41) is 2.55. The minimum Gasteiger partial charge on any atom is -0.358 e. The molecule has 0 radical (unpaired) electrons. The molecule has 0 spiro atoms. The molecule has 0 fully saturated rings. The van der Waals surface area contributed by atoms with Crippen molar-refractivity contribution in [3.05, 3.63) is 35.1 Å². The minimum absolute atomic E-state index is 0.0475. The number of carbonyl (C=O) groups excluding carboxylic acids is 1. The third kappa shape index (κ3) is 4.13. The number of nitrogens with two attached hydrogens (primary N) is 1. The Balaban J connectivity index is 2.65. The highest BCUT2D eigenvalue weighted by atomic mass is 19.1. The molecule has 0 aliphatic heterocycles. The summed E-state index contributed by atoms with van der Waals surface area (Å²) < 4.78 is 13.2. The first-order valence-electron chi connectivity index (χ1n) is 5.43. The second-order valence-corrected chi connectivity index (χ2v) is 3.98. The number of likely N-dealkylation sites (N-methyl/N-ethyl adjacent to an activating group) is 2. The largest absolute Gasteiger partial charge is 0.358 e. The lowest BCUT2D eigenvalue weighted by molar-refractivity contribution is -0.121. The Morgan fingerprint density at radius 1 is 1.53 bits per heavy atom. The van der Waals surface area contributed by atoms with Crippen LogP contribution in [0.1, 0.15) is 11.1 Å². The number of amides is 1.